The van der Waals surface area contributed by atoms with Crippen LogP contribution < -0.4 is 5.32 Å². The molecule has 0 bridgehead atoms. The number of piperazine rings is 1. The van der Waals surface area contributed by atoms with Gasteiger partial charge in [-0.2, -0.15) is 0 Å². The lowest BCUT2D eigenvalue weighted by atomic mass is 10.0. The van der Waals surface area contributed by atoms with Crippen molar-refractivity contribution < 1.29 is 9.59 Å². The number of Topliss-reactive ketones (excluding diaryl/α,β-unsaturated/α-hetero) is 1. The zero-order valence-electron chi connectivity index (χ0n) is 13.5. The van der Waals surface area contributed by atoms with Crippen molar-refractivity contribution in [2.75, 3.05) is 19.6 Å². The molecule has 124 valence electrons. The number of nitrogens with one attached hydrogen (secondary N) is 1. The molecule has 0 radical (unpaired) electrons. The van der Waals surface area contributed by atoms with E-state index in [1.165, 1.54) is 0 Å². The van der Waals surface area contributed by atoms with Crippen molar-refractivity contribution in [3.63, 3.8) is 0 Å². The van der Waals surface area contributed by atoms with Gasteiger partial charge in [0.15, 0.2) is 5.78 Å². The van der Waals surface area contributed by atoms with Crippen molar-refractivity contribution in [2.24, 2.45) is 0 Å². The molecule has 0 saturated carbocycles. The van der Waals surface area contributed by atoms with E-state index in [1.807, 2.05) is 35.2 Å². The van der Waals surface area contributed by atoms with E-state index in [2.05, 4.69) is 10.3 Å². The number of benzene rings is 1. The number of amides is 1. The van der Waals surface area contributed by atoms with Gasteiger partial charge in [0, 0.05) is 50.4 Å². The molecule has 1 saturated heterocycles. The van der Waals surface area contributed by atoms with Crippen LogP contribution in [0.15, 0.2) is 54.9 Å². The molecule has 1 atom stereocenters. The number of nitrogens with zero attached hydrogens (tertiary/aromatic N) is 2. The van der Waals surface area contributed by atoms with Crippen LogP contribution in [0.2, 0.25) is 0 Å². The summed E-state index contributed by atoms with van der Waals surface area (Å²) < 4.78 is 0. The third kappa shape index (κ3) is 3.86. The van der Waals surface area contributed by atoms with Gasteiger partial charge < -0.3 is 10.2 Å². The van der Waals surface area contributed by atoms with Crippen LogP contribution in [0.4, 0.5) is 0 Å². The third-order valence-corrected chi connectivity index (χ3v) is 4.32. The molecule has 1 amide bonds. The van der Waals surface area contributed by atoms with Crippen molar-refractivity contribution in [1.82, 2.24) is 15.2 Å². The summed E-state index contributed by atoms with van der Waals surface area (Å²) in [5.41, 5.74) is 1.73. The van der Waals surface area contributed by atoms with Crippen LogP contribution in [0.1, 0.15) is 34.8 Å². The van der Waals surface area contributed by atoms with E-state index in [0.717, 1.165) is 18.7 Å². The van der Waals surface area contributed by atoms with Crippen LogP contribution in [0.25, 0.3) is 0 Å². The zero-order chi connectivity index (χ0) is 16.8. The van der Waals surface area contributed by atoms with Gasteiger partial charge in [0.25, 0.3) is 0 Å². The minimum absolute atomic E-state index is 0.000998. The van der Waals surface area contributed by atoms with E-state index in [0.29, 0.717) is 12.1 Å². The SMILES string of the molecule is O=C(CCC(=O)N1CCNCC1c1ccncc1)c1ccccc1. The molecule has 2 heterocycles. The van der Waals surface area contributed by atoms with Gasteiger partial charge in [0.1, 0.15) is 0 Å². The van der Waals surface area contributed by atoms with E-state index >= 15 is 0 Å². The summed E-state index contributed by atoms with van der Waals surface area (Å²) in [5, 5.41) is 3.33. The van der Waals surface area contributed by atoms with Crippen LogP contribution in [0.3, 0.4) is 0 Å². The van der Waals surface area contributed by atoms with Crippen LogP contribution in [0.5, 0.6) is 0 Å². The number of hydrogen-bond acceptors (Lipinski definition) is 4. The van der Waals surface area contributed by atoms with Crippen LogP contribution >= 0.6 is 0 Å². The molecule has 5 heteroatoms. The van der Waals surface area contributed by atoms with Crippen molar-refractivity contribution in [2.45, 2.75) is 18.9 Å². The van der Waals surface area contributed by atoms with Crippen LogP contribution in [-0.4, -0.2) is 41.2 Å². The summed E-state index contributed by atoms with van der Waals surface area (Å²) in [4.78, 5) is 30.8. The van der Waals surface area contributed by atoms with Gasteiger partial charge >= 0.3 is 0 Å². The second-order valence-electron chi connectivity index (χ2n) is 5.88. The van der Waals surface area contributed by atoms with E-state index in [-0.39, 0.29) is 30.6 Å². The van der Waals surface area contributed by atoms with Crippen LogP contribution in [0, 0.1) is 0 Å². The highest BCUT2D eigenvalue weighted by Crippen LogP contribution is 2.23. The van der Waals surface area contributed by atoms with Gasteiger partial charge in [-0.15, -0.1) is 0 Å². The number of rotatable bonds is 5. The molecule has 1 aromatic heterocycles. The Labute approximate surface area is 141 Å². The Morgan fingerprint density at radius 2 is 1.83 bits per heavy atom. The fraction of sp³-hybridized carbons (Fsp3) is 0.316. The van der Waals surface area contributed by atoms with Gasteiger partial charge in [-0.25, -0.2) is 0 Å². The molecule has 2 aromatic rings. The van der Waals surface area contributed by atoms with Gasteiger partial charge in [0.05, 0.1) is 6.04 Å². The summed E-state index contributed by atoms with van der Waals surface area (Å²) in [7, 11) is 0. The van der Waals surface area contributed by atoms with Gasteiger partial charge in [-0.1, -0.05) is 30.3 Å². The highest BCUT2D eigenvalue weighted by molar-refractivity contribution is 5.97. The molecule has 1 aliphatic rings. The average molecular weight is 323 g/mol. The quantitative estimate of drug-likeness (QED) is 0.857. The standard InChI is InChI=1S/C19H21N3O2/c23-18(16-4-2-1-3-5-16)6-7-19(24)22-13-12-21-14-17(22)15-8-10-20-11-9-15/h1-5,8-11,17,21H,6-7,12-14H2. The maximum Gasteiger partial charge on any atom is 0.223 e. The second-order valence-corrected chi connectivity index (χ2v) is 5.88. The molecular weight excluding hydrogens is 302 g/mol. The predicted molar refractivity (Wildman–Crippen MR) is 91.6 cm³/mol. The number of ketones is 1. The Kier molecular flexibility index (Phi) is 5.33. The maximum absolute atomic E-state index is 12.6. The number of pyridine rings is 1. The lowest BCUT2D eigenvalue weighted by Gasteiger charge is -2.36. The minimum atomic E-state index is 0.000998. The number of aromatic nitrogens is 1. The first kappa shape index (κ1) is 16.3. The minimum Gasteiger partial charge on any atom is -0.333 e. The maximum atomic E-state index is 12.6. The molecule has 3 rings (SSSR count). The Morgan fingerprint density at radius 1 is 1.08 bits per heavy atom. The molecular formula is C19H21N3O2. The van der Waals surface area contributed by atoms with Crippen molar-refractivity contribution in [3.05, 3.63) is 66.0 Å². The molecule has 24 heavy (non-hydrogen) atoms. The van der Waals surface area contributed by atoms with Crippen molar-refractivity contribution in [1.29, 1.82) is 0 Å². The second kappa shape index (κ2) is 7.84. The smallest absolute Gasteiger partial charge is 0.223 e. The molecule has 1 N–H and O–H groups in total. The predicted octanol–water partition coefficient (Wildman–Crippen LogP) is 2.22. The Morgan fingerprint density at radius 3 is 2.58 bits per heavy atom. The monoisotopic (exact) mass is 323 g/mol. The van der Waals surface area contributed by atoms with E-state index in [1.54, 1.807) is 24.5 Å². The fourth-order valence-corrected chi connectivity index (χ4v) is 3.02. The average Bonchev–Trinajstić information content (AvgIpc) is 2.67. The highest BCUT2D eigenvalue weighted by Gasteiger charge is 2.27. The molecule has 1 aliphatic heterocycles. The molecule has 1 unspecified atom stereocenters. The number of hydrogen-bond donors (Lipinski definition) is 1. The Bertz CT molecular complexity index is 688. The number of carbonyl (C=O) groups excluding carboxylic acids is 2. The topological polar surface area (TPSA) is 62.3 Å². The van der Waals surface area contributed by atoms with Crippen molar-refractivity contribution >= 4 is 11.7 Å². The summed E-state index contributed by atoms with van der Waals surface area (Å²) in [6.07, 6.45) is 3.97. The van der Waals surface area contributed by atoms with Gasteiger partial charge in [0.2, 0.25) is 5.91 Å². The van der Waals surface area contributed by atoms with Crippen molar-refractivity contribution in [3.8, 4) is 0 Å². The van der Waals surface area contributed by atoms with E-state index in [9.17, 15) is 9.59 Å². The summed E-state index contributed by atoms with van der Waals surface area (Å²) in [6.45, 7) is 2.16. The summed E-state index contributed by atoms with van der Waals surface area (Å²) >= 11 is 0. The molecule has 1 fully saturated rings. The lowest BCUT2D eigenvalue weighted by Crippen LogP contribution is -2.48. The largest absolute Gasteiger partial charge is 0.333 e. The van der Waals surface area contributed by atoms with E-state index < -0.39 is 0 Å². The van der Waals surface area contributed by atoms with Crippen LogP contribution in [-0.2, 0) is 4.79 Å². The molecule has 0 aliphatic carbocycles. The molecule has 1 aromatic carbocycles. The first-order valence-corrected chi connectivity index (χ1v) is 8.24. The third-order valence-electron chi connectivity index (χ3n) is 4.32. The summed E-state index contributed by atoms with van der Waals surface area (Å²) in [6, 6.07) is 13.0. The Hall–Kier alpha value is -2.53. The zero-order valence-corrected chi connectivity index (χ0v) is 13.5. The van der Waals surface area contributed by atoms with Gasteiger partial charge in [-0.05, 0) is 17.7 Å². The lowest BCUT2D eigenvalue weighted by molar-refractivity contribution is -0.134. The Balaban J connectivity index is 1.63. The van der Waals surface area contributed by atoms with Gasteiger partial charge in [-0.3, -0.25) is 14.6 Å². The molecule has 5 nitrogen and oxygen atoms in total. The number of carbonyl (C=O) groups is 2. The first-order valence-electron chi connectivity index (χ1n) is 8.24. The highest BCUT2D eigenvalue weighted by atomic mass is 16.2. The fourth-order valence-electron chi connectivity index (χ4n) is 3.02. The summed E-state index contributed by atoms with van der Waals surface area (Å²) in [5.74, 6) is 0.0436. The van der Waals surface area contributed by atoms with E-state index in [4.69, 9.17) is 0 Å². The molecule has 0 spiro atoms. The first-order chi connectivity index (χ1) is 11.8. The normalized spacial score (nSPS) is 17.5.